The summed E-state index contributed by atoms with van der Waals surface area (Å²) in [7, 11) is 1.56. The van der Waals surface area contributed by atoms with E-state index in [1.54, 1.807) is 37.4 Å². The van der Waals surface area contributed by atoms with Gasteiger partial charge in [-0.25, -0.2) is 9.29 Å². The van der Waals surface area contributed by atoms with Crippen molar-refractivity contribution in [2.75, 3.05) is 18.6 Å². The molecule has 2 aromatic carbocycles. The molecule has 2 aromatic rings. The van der Waals surface area contributed by atoms with Gasteiger partial charge in [-0.3, -0.25) is 9.59 Å². The largest absolute Gasteiger partial charge is 0.497 e. The van der Waals surface area contributed by atoms with Gasteiger partial charge in [-0.1, -0.05) is 12.1 Å². The van der Waals surface area contributed by atoms with E-state index in [2.05, 4.69) is 0 Å². The summed E-state index contributed by atoms with van der Waals surface area (Å²) in [5, 5.41) is 1.86. The molecule has 3 rings (SSSR count). The molecule has 0 unspecified atom stereocenters. The van der Waals surface area contributed by atoms with Crippen molar-refractivity contribution < 1.29 is 24.0 Å². The normalized spacial score (nSPS) is 17.2. The number of imide groups is 1. The molecule has 0 aromatic heterocycles. The van der Waals surface area contributed by atoms with Crippen molar-refractivity contribution in [2.45, 2.75) is 18.9 Å². The van der Waals surface area contributed by atoms with Gasteiger partial charge in [0.15, 0.2) is 6.04 Å². The second-order valence-electron chi connectivity index (χ2n) is 5.98. The third-order valence-corrected chi connectivity index (χ3v) is 4.29. The van der Waals surface area contributed by atoms with Crippen LogP contribution < -0.4 is 15.0 Å². The van der Waals surface area contributed by atoms with Gasteiger partial charge in [0, 0.05) is 6.42 Å². The fourth-order valence-corrected chi connectivity index (χ4v) is 2.99. The monoisotopic (exact) mass is 343 g/mol. The summed E-state index contributed by atoms with van der Waals surface area (Å²) in [4.78, 5) is 26.0. The van der Waals surface area contributed by atoms with Gasteiger partial charge < -0.3 is 10.1 Å². The zero-order valence-corrected chi connectivity index (χ0v) is 13.9. The van der Waals surface area contributed by atoms with Crippen molar-refractivity contribution in [3.63, 3.8) is 0 Å². The van der Waals surface area contributed by atoms with E-state index in [4.69, 9.17) is 4.74 Å². The molecule has 1 atom stereocenters. The van der Waals surface area contributed by atoms with Crippen molar-refractivity contribution >= 4 is 17.5 Å². The predicted molar refractivity (Wildman–Crippen MR) is 90.8 cm³/mol. The van der Waals surface area contributed by atoms with Gasteiger partial charge >= 0.3 is 0 Å². The molecular formula is C19H20FN2O3+. The summed E-state index contributed by atoms with van der Waals surface area (Å²) in [6, 6.07) is 12.8. The number of quaternary nitrogens is 1. The average molecular weight is 343 g/mol. The summed E-state index contributed by atoms with van der Waals surface area (Å²) in [6.07, 6.45) is 0.812. The lowest BCUT2D eigenvalue weighted by Gasteiger charge is -2.14. The number of benzene rings is 2. The summed E-state index contributed by atoms with van der Waals surface area (Å²) in [5.41, 5.74) is 1.43. The number of carbonyl (C=O) groups is 2. The third kappa shape index (κ3) is 3.85. The maximum atomic E-state index is 13.2. The molecule has 2 amide bonds. The quantitative estimate of drug-likeness (QED) is 0.804. The van der Waals surface area contributed by atoms with Crippen molar-refractivity contribution in [1.82, 2.24) is 0 Å². The van der Waals surface area contributed by atoms with E-state index in [0.717, 1.165) is 5.56 Å². The van der Waals surface area contributed by atoms with Crippen LogP contribution in [-0.2, 0) is 16.0 Å². The summed E-state index contributed by atoms with van der Waals surface area (Å²) < 4.78 is 18.3. The molecule has 6 heteroatoms. The predicted octanol–water partition coefficient (Wildman–Crippen LogP) is 1.27. The van der Waals surface area contributed by atoms with Crippen LogP contribution in [0.4, 0.5) is 10.1 Å². The van der Waals surface area contributed by atoms with Gasteiger partial charge in [0.05, 0.1) is 25.8 Å². The van der Waals surface area contributed by atoms with Crippen LogP contribution in [-0.4, -0.2) is 31.5 Å². The number of amides is 2. The van der Waals surface area contributed by atoms with Gasteiger partial charge in [-0.05, 0) is 42.0 Å². The molecule has 1 aliphatic heterocycles. The fraction of sp³-hybridized carbons (Fsp3) is 0.263. The lowest BCUT2D eigenvalue weighted by Crippen LogP contribution is -2.92. The molecule has 1 saturated heterocycles. The third-order valence-electron chi connectivity index (χ3n) is 4.29. The Morgan fingerprint density at radius 2 is 1.96 bits per heavy atom. The van der Waals surface area contributed by atoms with E-state index in [1.165, 1.54) is 17.0 Å². The highest BCUT2D eigenvalue weighted by atomic mass is 19.1. The number of hydrogen-bond donors (Lipinski definition) is 1. The maximum absolute atomic E-state index is 13.2. The van der Waals surface area contributed by atoms with Crippen LogP contribution in [0.2, 0.25) is 0 Å². The molecule has 130 valence electrons. The molecule has 1 heterocycles. The Morgan fingerprint density at radius 1 is 1.20 bits per heavy atom. The molecule has 2 N–H and O–H groups in total. The second kappa shape index (κ2) is 7.44. The van der Waals surface area contributed by atoms with Crippen molar-refractivity contribution in [3.05, 3.63) is 59.9 Å². The average Bonchev–Trinajstić information content (AvgIpc) is 2.89. The van der Waals surface area contributed by atoms with E-state index < -0.39 is 6.04 Å². The van der Waals surface area contributed by atoms with E-state index >= 15 is 0 Å². The smallest absolute Gasteiger partial charge is 0.292 e. The first kappa shape index (κ1) is 17.1. The standard InChI is InChI=1S/C19H19FN2O3/c1-25-16-7-5-15(6-8-16)22-18(23)12-17(19(22)24)21-10-9-13-3-2-4-14(20)11-13/h2-8,11,17,21H,9-10,12H2,1H3/p+1/t17-/m0/s1. The Morgan fingerprint density at radius 3 is 2.64 bits per heavy atom. The Balaban J connectivity index is 1.60. The number of anilines is 1. The zero-order chi connectivity index (χ0) is 17.8. The van der Waals surface area contributed by atoms with E-state index in [0.29, 0.717) is 24.4 Å². The minimum absolute atomic E-state index is 0.175. The van der Waals surface area contributed by atoms with Crippen molar-refractivity contribution in [2.24, 2.45) is 0 Å². The molecule has 25 heavy (non-hydrogen) atoms. The van der Waals surface area contributed by atoms with Gasteiger partial charge in [0.25, 0.3) is 5.91 Å². The maximum Gasteiger partial charge on any atom is 0.292 e. The Hall–Kier alpha value is -2.73. The summed E-state index contributed by atoms with van der Waals surface area (Å²) in [6.45, 7) is 0.615. The van der Waals surface area contributed by atoms with Crippen LogP contribution in [0.3, 0.4) is 0 Å². The zero-order valence-electron chi connectivity index (χ0n) is 13.9. The minimum Gasteiger partial charge on any atom is -0.497 e. The van der Waals surface area contributed by atoms with Crippen LogP contribution in [0.15, 0.2) is 48.5 Å². The number of methoxy groups -OCH3 is 1. The molecule has 1 aliphatic rings. The Kier molecular flexibility index (Phi) is 5.09. The van der Waals surface area contributed by atoms with Crippen molar-refractivity contribution in [1.29, 1.82) is 0 Å². The fourth-order valence-electron chi connectivity index (χ4n) is 2.99. The summed E-state index contributed by atoms with van der Waals surface area (Å²) >= 11 is 0. The molecule has 0 radical (unpaired) electrons. The lowest BCUT2D eigenvalue weighted by atomic mass is 10.1. The molecule has 5 nitrogen and oxygen atoms in total. The first-order valence-electron chi connectivity index (χ1n) is 8.17. The van der Waals surface area contributed by atoms with Gasteiger partial charge in [0.2, 0.25) is 5.91 Å². The molecule has 0 spiro atoms. The van der Waals surface area contributed by atoms with Crippen molar-refractivity contribution in [3.8, 4) is 5.75 Å². The SMILES string of the molecule is COc1ccc(N2C(=O)C[C@H]([NH2+]CCc3cccc(F)c3)C2=O)cc1. The Labute approximate surface area is 145 Å². The topological polar surface area (TPSA) is 63.2 Å². The second-order valence-corrected chi connectivity index (χ2v) is 5.98. The molecule has 0 aliphatic carbocycles. The first-order chi connectivity index (χ1) is 12.1. The summed E-state index contributed by atoms with van der Waals surface area (Å²) in [5.74, 6) is -0.0204. The highest BCUT2D eigenvalue weighted by Gasteiger charge is 2.42. The minimum atomic E-state index is -0.428. The highest BCUT2D eigenvalue weighted by Crippen LogP contribution is 2.24. The van der Waals surface area contributed by atoms with Crippen LogP contribution in [0.1, 0.15) is 12.0 Å². The van der Waals surface area contributed by atoms with Crippen LogP contribution >= 0.6 is 0 Å². The van der Waals surface area contributed by atoms with E-state index in [1.807, 2.05) is 11.4 Å². The number of halogens is 1. The van der Waals surface area contributed by atoms with E-state index in [-0.39, 0.29) is 24.1 Å². The number of hydrogen-bond acceptors (Lipinski definition) is 3. The Bertz CT molecular complexity index is 776. The van der Waals surface area contributed by atoms with Gasteiger partial charge in [0.1, 0.15) is 11.6 Å². The van der Waals surface area contributed by atoms with Crippen LogP contribution in [0.25, 0.3) is 0 Å². The lowest BCUT2D eigenvalue weighted by molar-refractivity contribution is -0.674. The van der Waals surface area contributed by atoms with Crippen LogP contribution in [0, 0.1) is 5.82 Å². The van der Waals surface area contributed by atoms with Gasteiger partial charge in [-0.2, -0.15) is 0 Å². The van der Waals surface area contributed by atoms with Crippen LogP contribution in [0.5, 0.6) is 5.75 Å². The molecule has 0 saturated carbocycles. The number of nitrogens with two attached hydrogens (primary N) is 1. The molecule has 1 fully saturated rings. The number of carbonyl (C=O) groups excluding carboxylic acids is 2. The number of rotatable bonds is 6. The first-order valence-corrected chi connectivity index (χ1v) is 8.17. The van der Waals surface area contributed by atoms with Gasteiger partial charge in [-0.15, -0.1) is 0 Å². The molecular weight excluding hydrogens is 323 g/mol. The molecule has 0 bridgehead atoms. The van der Waals surface area contributed by atoms with E-state index in [9.17, 15) is 14.0 Å². The number of ether oxygens (including phenoxy) is 1. The highest BCUT2D eigenvalue weighted by molar-refractivity contribution is 6.21. The number of nitrogens with zero attached hydrogens (tertiary/aromatic N) is 1.